The molecule has 2 atom stereocenters. The van der Waals surface area contributed by atoms with Crippen molar-refractivity contribution in [2.45, 2.75) is 289 Å². The molecule has 358 valence electrons. The highest BCUT2D eigenvalue weighted by Crippen LogP contribution is 2.15. The Labute approximate surface area is 379 Å². The maximum Gasteiger partial charge on any atom is 0.305 e. The van der Waals surface area contributed by atoms with Gasteiger partial charge in [0.25, 0.3) is 0 Å². The second kappa shape index (κ2) is 50.7. The third-order valence-electron chi connectivity index (χ3n) is 12.1. The van der Waals surface area contributed by atoms with Crippen LogP contribution in [0.3, 0.4) is 0 Å². The quantitative estimate of drug-likeness (QED) is 0.0322. The molecule has 0 aliphatic rings. The summed E-state index contributed by atoms with van der Waals surface area (Å²) in [4.78, 5) is 24.4. The first-order valence-electron chi connectivity index (χ1n) is 26.8. The third kappa shape index (κ3) is 47.4. The van der Waals surface area contributed by atoms with Crippen molar-refractivity contribution < 1.29 is 24.5 Å². The Bertz CT molecular complexity index is 993. The van der Waals surface area contributed by atoms with Crippen LogP contribution in [0.25, 0.3) is 0 Å². The molecule has 6 heteroatoms. The summed E-state index contributed by atoms with van der Waals surface area (Å²) in [6.07, 6.45) is 61.6. The molecule has 0 spiro atoms. The lowest BCUT2D eigenvalue weighted by Crippen LogP contribution is -2.45. The number of nitrogens with one attached hydrogen (secondary N) is 1. The molecule has 0 aliphatic carbocycles. The van der Waals surface area contributed by atoms with Crippen LogP contribution in [-0.2, 0) is 14.3 Å². The van der Waals surface area contributed by atoms with E-state index in [1.165, 1.54) is 199 Å². The molecule has 0 aromatic rings. The van der Waals surface area contributed by atoms with Gasteiger partial charge in [-0.2, -0.15) is 0 Å². The molecule has 0 saturated heterocycles. The topological polar surface area (TPSA) is 95.9 Å². The number of carbonyl (C=O) groups is 2. The van der Waals surface area contributed by atoms with Gasteiger partial charge >= 0.3 is 5.97 Å². The van der Waals surface area contributed by atoms with Crippen molar-refractivity contribution in [1.82, 2.24) is 5.32 Å². The summed E-state index contributed by atoms with van der Waals surface area (Å²) < 4.78 is 5.46. The van der Waals surface area contributed by atoms with E-state index in [0.717, 1.165) is 51.4 Å². The first-order chi connectivity index (χ1) is 30.0. The van der Waals surface area contributed by atoms with E-state index in [4.69, 9.17) is 4.74 Å². The minimum Gasteiger partial charge on any atom is -0.466 e. The molecule has 0 bridgehead atoms. The van der Waals surface area contributed by atoms with Gasteiger partial charge in [-0.25, -0.2) is 0 Å². The summed E-state index contributed by atoms with van der Waals surface area (Å²) in [5.41, 5.74) is 0. The fraction of sp³-hybridized carbons (Fsp3) is 0.855. The zero-order valence-electron chi connectivity index (χ0n) is 40.6. The molecule has 61 heavy (non-hydrogen) atoms. The molecule has 0 radical (unpaired) electrons. The van der Waals surface area contributed by atoms with Gasteiger partial charge in [0.15, 0.2) is 0 Å². The molecular weight excluding hydrogens is 755 g/mol. The van der Waals surface area contributed by atoms with Gasteiger partial charge in [-0.05, 0) is 83.5 Å². The third-order valence-corrected chi connectivity index (χ3v) is 12.1. The first kappa shape index (κ1) is 59.1. The lowest BCUT2D eigenvalue weighted by Gasteiger charge is -2.20. The smallest absolute Gasteiger partial charge is 0.305 e. The number of carbonyl (C=O) groups excluding carboxylic acids is 2. The fourth-order valence-corrected chi connectivity index (χ4v) is 7.97. The molecule has 0 saturated carbocycles. The van der Waals surface area contributed by atoms with Crippen LogP contribution in [-0.4, -0.2) is 47.4 Å². The summed E-state index contributed by atoms with van der Waals surface area (Å²) in [5.74, 6) is -0.0859. The second-order valence-electron chi connectivity index (χ2n) is 18.2. The number of rotatable bonds is 49. The first-order valence-corrected chi connectivity index (χ1v) is 26.8. The van der Waals surface area contributed by atoms with Crippen molar-refractivity contribution in [3.05, 3.63) is 36.5 Å². The highest BCUT2D eigenvalue weighted by molar-refractivity contribution is 5.76. The van der Waals surface area contributed by atoms with Crippen LogP contribution in [0.15, 0.2) is 36.5 Å². The zero-order chi connectivity index (χ0) is 44.4. The van der Waals surface area contributed by atoms with Crippen LogP contribution in [0.4, 0.5) is 0 Å². The number of hydrogen-bond acceptors (Lipinski definition) is 5. The number of ether oxygens (including phenoxy) is 1. The zero-order valence-corrected chi connectivity index (χ0v) is 40.6. The summed E-state index contributed by atoms with van der Waals surface area (Å²) in [5, 5.41) is 22.9. The minimum absolute atomic E-state index is 0.00547. The average Bonchev–Trinajstić information content (AvgIpc) is 3.26. The highest BCUT2D eigenvalue weighted by atomic mass is 16.5. The molecule has 6 nitrogen and oxygen atoms in total. The monoisotopic (exact) mass is 858 g/mol. The molecule has 3 N–H and O–H groups in total. The van der Waals surface area contributed by atoms with Crippen LogP contribution in [0.2, 0.25) is 0 Å². The standard InChI is InChI=1S/C55H103NO5/c1-3-5-7-9-11-13-15-16-22-26-29-33-37-41-45-49-55(60)61-50-46-42-38-34-30-27-24-21-19-17-18-20-23-25-28-32-36-40-44-48-54(59)56-52(51-57)53(58)47-43-39-35-31-14-12-10-8-6-4-2/h16-18,22,43,47,52-53,57-58H,3-15,19-21,23-42,44-46,48-51H2,1-2H3,(H,56,59)/b18-17-,22-16-,47-43+. The van der Waals surface area contributed by atoms with E-state index < -0.39 is 12.1 Å². The van der Waals surface area contributed by atoms with E-state index in [1.807, 2.05) is 6.08 Å². The van der Waals surface area contributed by atoms with Crippen molar-refractivity contribution in [1.29, 1.82) is 0 Å². The highest BCUT2D eigenvalue weighted by Gasteiger charge is 2.18. The lowest BCUT2D eigenvalue weighted by molar-refractivity contribution is -0.143. The Morgan fingerprint density at radius 1 is 0.443 bits per heavy atom. The summed E-state index contributed by atoms with van der Waals surface area (Å²) in [6.45, 7) is 4.86. The molecule has 0 aliphatic heterocycles. The van der Waals surface area contributed by atoms with Gasteiger partial charge in [-0.3, -0.25) is 9.59 Å². The largest absolute Gasteiger partial charge is 0.466 e. The van der Waals surface area contributed by atoms with E-state index in [-0.39, 0.29) is 18.5 Å². The molecule has 0 fully saturated rings. The molecule has 0 aromatic carbocycles. The summed E-state index contributed by atoms with van der Waals surface area (Å²) in [6, 6.07) is -0.633. The maximum atomic E-state index is 12.4. The van der Waals surface area contributed by atoms with Crippen LogP contribution in [0, 0.1) is 0 Å². The van der Waals surface area contributed by atoms with Gasteiger partial charge in [0, 0.05) is 12.8 Å². The predicted octanol–water partition coefficient (Wildman–Crippen LogP) is 16.1. The Kier molecular flexibility index (Phi) is 49.1. The van der Waals surface area contributed by atoms with E-state index in [1.54, 1.807) is 6.08 Å². The van der Waals surface area contributed by atoms with Gasteiger partial charge in [0.2, 0.25) is 5.91 Å². The van der Waals surface area contributed by atoms with E-state index >= 15 is 0 Å². The Morgan fingerprint density at radius 2 is 0.770 bits per heavy atom. The van der Waals surface area contributed by atoms with Gasteiger partial charge < -0.3 is 20.3 Å². The summed E-state index contributed by atoms with van der Waals surface area (Å²) >= 11 is 0. The number of unbranched alkanes of at least 4 members (excludes halogenated alkanes) is 34. The number of amides is 1. The van der Waals surface area contributed by atoms with Gasteiger partial charge in [-0.1, -0.05) is 217 Å². The SMILES string of the molecule is CCCCCCCC/C=C\CCCCCCCC(=O)OCCCCCCCCCC/C=C\CCCCCCCCCC(=O)NC(CO)C(O)/C=C/CCCCCCCCCC. The van der Waals surface area contributed by atoms with E-state index in [9.17, 15) is 19.8 Å². The maximum absolute atomic E-state index is 12.4. The normalized spacial score (nSPS) is 12.9. The van der Waals surface area contributed by atoms with Crippen LogP contribution in [0.1, 0.15) is 277 Å². The molecule has 1 amide bonds. The molecular formula is C55H103NO5. The van der Waals surface area contributed by atoms with Gasteiger partial charge in [-0.15, -0.1) is 0 Å². The van der Waals surface area contributed by atoms with Crippen LogP contribution < -0.4 is 5.32 Å². The molecule has 0 rings (SSSR count). The van der Waals surface area contributed by atoms with Crippen molar-refractivity contribution >= 4 is 11.9 Å². The number of aliphatic hydroxyl groups is 2. The Balaban J connectivity index is 3.45. The number of aliphatic hydroxyl groups excluding tert-OH is 2. The van der Waals surface area contributed by atoms with Crippen molar-refractivity contribution in [2.75, 3.05) is 13.2 Å². The number of hydrogen-bond donors (Lipinski definition) is 3. The average molecular weight is 858 g/mol. The van der Waals surface area contributed by atoms with Crippen LogP contribution in [0.5, 0.6) is 0 Å². The van der Waals surface area contributed by atoms with Crippen LogP contribution >= 0.6 is 0 Å². The predicted molar refractivity (Wildman–Crippen MR) is 264 cm³/mol. The van der Waals surface area contributed by atoms with E-state index in [2.05, 4.69) is 43.5 Å². The second-order valence-corrected chi connectivity index (χ2v) is 18.2. The fourth-order valence-electron chi connectivity index (χ4n) is 7.97. The van der Waals surface area contributed by atoms with E-state index in [0.29, 0.717) is 19.4 Å². The van der Waals surface area contributed by atoms with Crippen molar-refractivity contribution in [2.24, 2.45) is 0 Å². The summed E-state index contributed by atoms with van der Waals surface area (Å²) in [7, 11) is 0. The van der Waals surface area contributed by atoms with Crippen molar-refractivity contribution in [3.63, 3.8) is 0 Å². The Morgan fingerprint density at radius 3 is 1.16 bits per heavy atom. The number of esters is 1. The number of allylic oxidation sites excluding steroid dienone is 5. The minimum atomic E-state index is -0.849. The Hall–Kier alpha value is -1.92. The van der Waals surface area contributed by atoms with Gasteiger partial charge in [0.1, 0.15) is 0 Å². The molecule has 0 aromatic heterocycles. The van der Waals surface area contributed by atoms with Crippen molar-refractivity contribution in [3.8, 4) is 0 Å². The lowest BCUT2D eigenvalue weighted by atomic mass is 10.1. The molecule has 2 unspecified atom stereocenters. The van der Waals surface area contributed by atoms with Gasteiger partial charge in [0.05, 0.1) is 25.4 Å². The molecule has 0 heterocycles.